The Morgan fingerprint density at radius 1 is 1.29 bits per heavy atom. The monoisotopic (exact) mass is 329 g/mol. The number of imide groups is 1. The van der Waals surface area contributed by atoms with Crippen LogP contribution in [0.1, 0.15) is 43.9 Å². The number of carbonyl (C=O) groups excluding carboxylic acids is 3. The summed E-state index contributed by atoms with van der Waals surface area (Å²) in [5.41, 5.74) is 2.21. The lowest BCUT2D eigenvalue weighted by molar-refractivity contribution is -0.135. The Balaban J connectivity index is 1.83. The summed E-state index contributed by atoms with van der Waals surface area (Å²) in [4.78, 5) is 38.0. The number of urea groups is 1. The van der Waals surface area contributed by atoms with Crippen molar-refractivity contribution >= 4 is 17.8 Å². The van der Waals surface area contributed by atoms with E-state index in [0.29, 0.717) is 0 Å². The molecule has 1 saturated heterocycles. The van der Waals surface area contributed by atoms with E-state index in [1.165, 1.54) is 11.1 Å². The van der Waals surface area contributed by atoms with Gasteiger partial charge in [-0.25, -0.2) is 4.79 Å². The lowest BCUT2D eigenvalue weighted by Gasteiger charge is -2.23. The Morgan fingerprint density at radius 2 is 2.00 bits per heavy atom. The zero-order chi connectivity index (χ0) is 17.5. The van der Waals surface area contributed by atoms with Crippen molar-refractivity contribution in [2.75, 3.05) is 6.54 Å². The molecule has 1 aromatic carbocycles. The third kappa shape index (κ3) is 2.77. The molecule has 6 heteroatoms. The van der Waals surface area contributed by atoms with Crippen LogP contribution in [0.25, 0.3) is 0 Å². The zero-order valence-electron chi connectivity index (χ0n) is 14.3. The highest BCUT2D eigenvalue weighted by Crippen LogP contribution is 2.32. The highest BCUT2D eigenvalue weighted by Gasteiger charge is 2.49. The van der Waals surface area contributed by atoms with Gasteiger partial charge in [-0.05, 0) is 56.7 Å². The van der Waals surface area contributed by atoms with Crippen LogP contribution in [0, 0.1) is 0 Å². The first-order valence-corrected chi connectivity index (χ1v) is 8.37. The van der Waals surface area contributed by atoms with Crippen molar-refractivity contribution in [1.82, 2.24) is 15.5 Å². The number of aryl methyl sites for hydroxylation is 2. The SMILES string of the molecule is CC(C)NC(=O)CN1C(=O)N[C@](C)(c2ccc3c(c2)CCC3)C1=O. The van der Waals surface area contributed by atoms with Crippen LogP contribution in [-0.4, -0.2) is 35.3 Å². The molecule has 3 rings (SSSR count). The highest BCUT2D eigenvalue weighted by atomic mass is 16.2. The third-order valence-electron chi connectivity index (χ3n) is 4.70. The summed E-state index contributed by atoms with van der Waals surface area (Å²) in [6.45, 7) is 5.10. The van der Waals surface area contributed by atoms with Crippen LogP contribution in [0.5, 0.6) is 0 Å². The van der Waals surface area contributed by atoms with Gasteiger partial charge in [-0.15, -0.1) is 0 Å². The molecular weight excluding hydrogens is 306 g/mol. The predicted octanol–water partition coefficient (Wildman–Crippen LogP) is 1.47. The molecule has 0 saturated carbocycles. The Kier molecular flexibility index (Phi) is 4.07. The van der Waals surface area contributed by atoms with Gasteiger partial charge in [0.15, 0.2) is 0 Å². The number of carbonyl (C=O) groups is 3. The second kappa shape index (κ2) is 5.92. The molecule has 1 fully saturated rings. The van der Waals surface area contributed by atoms with Gasteiger partial charge in [0.25, 0.3) is 5.91 Å². The van der Waals surface area contributed by atoms with Crippen LogP contribution >= 0.6 is 0 Å². The molecule has 1 aliphatic heterocycles. The molecule has 24 heavy (non-hydrogen) atoms. The van der Waals surface area contributed by atoms with Gasteiger partial charge < -0.3 is 10.6 Å². The molecular formula is C18H23N3O3. The molecule has 1 aromatic rings. The van der Waals surface area contributed by atoms with Crippen molar-refractivity contribution < 1.29 is 14.4 Å². The number of fused-ring (bicyclic) bond motifs is 1. The topological polar surface area (TPSA) is 78.5 Å². The van der Waals surface area contributed by atoms with Crippen molar-refractivity contribution in [3.63, 3.8) is 0 Å². The van der Waals surface area contributed by atoms with Gasteiger partial charge in [-0.2, -0.15) is 0 Å². The molecule has 0 radical (unpaired) electrons. The normalized spacial score (nSPS) is 22.8. The van der Waals surface area contributed by atoms with Crippen molar-refractivity contribution in [1.29, 1.82) is 0 Å². The summed E-state index contributed by atoms with van der Waals surface area (Å²) in [6, 6.07) is 5.39. The quantitative estimate of drug-likeness (QED) is 0.821. The van der Waals surface area contributed by atoms with Gasteiger partial charge in [-0.3, -0.25) is 14.5 Å². The lowest BCUT2D eigenvalue weighted by Crippen LogP contribution is -2.44. The van der Waals surface area contributed by atoms with E-state index in [1.54, 1.807) is 6.92 Å². The fourth-order valence-electron chi connectivity index (χ4n) is 3.43. The number of benzene rings is 1. The minimum Gasteiger partial charge on any atom is -0.352 e. The minimum atomic E-state index is -1.12. The zero-order valence-corrected chi connectivity index (χ0v) is 14.3. The molecule has 1 aliphatic carbocycles. The molecule has 0 aromatic heterocycles. The van der Waals surface area contributed by atoms with Gasteiger partial charge >= 0.3 is 6.03 Å². The van der Waals surface area contributed by atoms with Crippen LogP contribution in [0.3, 0.4) is 0 Å². The van der Waals surface area contributed by atoms with Gasteiger partial charge in [0, 0.05) is 6.04 Å². The standard InChI is InChI=1S/C18H23N3O3/c1-11(2)19-15(22)10-21-16(23)18(3,20-17(21)24)14-8-7-12-5-4-6-13(12)9-14/h7-9,11H,4-6,10H2,1-3H3,(H,19,22)(H,20,24)/t18-/m1/s1. The number of rotatable bonds is 4. The maximum Gasteiger partial charge on any atom is 0.325 e. The smallest absolute Gasteiger partial charge is 0.325 e. The molecule has 1 heterocycles. The van der Waals surface area contributed by atoms with Crippen LogP contribution in [0.2, 0.25) is 0 Å². The lowest BCUT2D eigenvalue weighted by atomic mass is 9.89. The van der Waals surface area contributed by atoms with Crippen LogP contribution in [0.4, 0.5) is 4.79 Å². The summed E-state index contributed by atoms with van der Waals surface area (Å²) in [7, 11) is 0. The summed E-state index contributed by atoms with van der Waals surface area (Å²) in [5, 5.41) is 5.45. The average Bonchev–Trinajstić information content (AvgIpc) is 3.05. The fraction of sp³-hybridized carbons (Fsp3) is 0.500. The first-order chi connectivity index (χ1) is 11.3. The van der Waals surface area contributed by atoms with Gasteiger partial charge in [0.1, 0.15) is 12.1 Å². The summed E-state index contributed by atoms with van der Waals surface area (Å²) in [5.74, 6) is -0.726. The molecule has 2 N–H and O–H groups in total. The molecule has 1 atom stereocenters. The first kappa shape index (κ1) is 16.5. The maximum atomic E-state index is 12.8. The molecule has 0 spiro atoms. The van der Waals surface area contributed by atoms with E-state index < -0.39 is 11.6 Å². The highest BCUT2D eigenvalue weighted by molar-refractivity contribution is 6.09. The Hall–Kier alpha value is -2.37. The molecule has 0 bridgehead atoms. The van der Waals surface area contributed by atoms with Crippen molar-refractivity contribution in [2.45, 2.75) is 51.6 Å². The van der Waals surface area contributed by atoms with E-state index in [-0.39, 0.29) is 24.4 Å². The van der Waals surface area contributed by atoms with Gasteiger partial charge in [-0.1, -0.05) is 18.2 Å². The first-order valence-electron chi connectivity index (χ1n) is 8.37. The Labute approximate surface area is 141 Å². The average molecular weight is 329 g/mol. The molecule has 2 aliphatic rings. The predicted molar refractivity (Wildman–Crippen MR) is 89.3 cm³/mol. The van der Waals surface area contributed by atoms with E-state index in [4.69, 9.17) is 0 Å². The van der Waals surface area contributed by atoms with E-state index in [2.05, 4.69) is 10.6 Å². The minimum absolute atomic E-state index is 0.0404. The Bertz CT molecular complexity index is 713. The van der Waals surface area contributed by atoms with E-state index in [9.17, 15) is 14.4 Å². The summed E-state index contributed by atoms with van der Waals surface area (Å²) < 4.78 is 0. The number of hydrogen-bond donors (Lipinski definition) is 2. The summed E-state index contributed by atoms with van der Waals surface area (Å²) >= 11 is 0. The van der Waals surface area contributed by atoms with E-state index in [1.807, 2.05) is 32.0 Å². The van der Waals surface area contributed by atoms with E-state index in [0.717, 1.165) is 29.7 Å². The van der Waals surface area contributed by atoms with E-state index >= 15 is 0 Å². The van der Waals surface area contributed by atoms with Crippen molar-refractivity contribution in [2.24, 2.45) is 0 Å². The third-order valence-corrected chi connectivity index (χ3v) is 4.70. The van der Waals surface area contributed by atoms with Crippen LogP contribution < -0.4 is 10.6 Å². The molecule has 6 nitrogen and oxygen atoms in total. The second-order valence-corrected chi connectivity index (χ2v) is 7.01. The molecule has 0 unspecified atom stereocenters. The number of hydrogen-bond acceptors (Lipinski definition) is 3. The van der Waals surface area contributed by atoms with Crippen LogP contribution in [0.15, 0.2) is 18.2 Å². The van der Waals surface area contributed by atoms with Gasteiger partial charge in [0.05, 0.1) is 0 Å². The van der Waals surface area contributed by atoms with Crippen molar-refractivity contribution in [3.05, 3.63) is 34.9 Å². The number of nitrogens with one attached hydrogen (secondary N) is 2. The molecule has 4 amide bonds. The second-order valence-electron chi connectivity index (χ2n) is 7.01. The number of nitrogens with zero attached hydrogens (tertiary/aromatic N) is 1. The summed E-state index contributed by atoms with van der Waals surface area (Å²) in [6.07, 6.45) is 3.19. The number of amides is 4. The maximum absolute atomic E-state index is 12.8. The molecule has 128 valence electrons. The Morgan fingerprint density at radius 3 is 2.71 bits per heavy atom. The van der Waals surface area contributed by atoms with Gasteiger partial charge in [0.2, 0.25) is 5.91 Å². The van der Waals surface area contributed by atoms with Crippen LogP contribution in [-0.2, 0) is 28.0 Å². The fourth-order valence-corrected chi connectivity index (χ4v) is 3.43. The van der Waals surface area contributed by atoms with Crippen molar-refractivity contribution in [3.8, 4) is 0 Å². The largest absolute Gasteiger partial charge is 0.352 e.